The molecule has 168 valence electrons. The molecule has 0 spiro atoms. The van der Waals surface area contributed by atoms with Crippen molar-refractivity contribution >= 4 is 0 Å². The van der Waals surface area contributed by atoms with Crippen molar-refractivity contribution in [2.75, 3.05) is 40.4 Å². The highest BCUT2D eigenvalue weighted by Gasteiger charge is 2.26. The lowest BCUT2D eigenvalue weighted by Crippen LogP contribution is -2.33. The van der Waals surface area contributed by atoms with Gasteiger partial charge in [0.25, 0.3) is 0 Å². The fourth-order valence-electron chi connectivity index (χ4n) is 4.30. The summed E-state index contributed by atoms with van der Waals surface area (Å²) >= 11 is 0. The molecule has 32 heavy (non-hydrogen) atoms. The third-order valence-electron chi connectivity index (χ3n) is 5.88. The first-order valence-corrected chi connectivity index (χ1v) is 11.2. The molecule has 1 fully saturated rings. The molecule has 1 saturated heterocycles. The summed E-state index contributed by atoms with van der Waals surface area (Å²) in [5.74, 6) is 2.00. The van der Waals surface area contributed by atoms with Crippen LogP contribution in [-0.2, 0) is 6.61 Å². The van der Waals surface area contributed by atoms with E-state index in [0.29, 0.717) is 23.9 Å². The molecular formula is C27H32N2O3. The van der Waals surface area contributed by atoms with Crippen LogP contribution in [0.15, 0.2) is 72.8 Å². The van der Waals surface area contributed by atoms with Crippen LogP contribution in [0.25, 0.3) is 0 Å². The van der Waals surface area contributed by atoms with Gasteiger partial charge in [0.1, 0.15) is 6.61 Å². The van der Waals surface area contributed by atoms with E-state index < -0.39 is 0 Å². The summed E-state index contributed by atoms with van der Waals surface area (Å²) in [6.07, 6.45) is 1.12. The Balaban J connectivity index is 1.71. The van der Waals surface area contributed by atoms with E-state index in [0.717, 1.165) is 43.7 Å². The number of rotatable bonds is 8. The van der Waals surface area contributed by atoms with Crippen LogP contribution in [0.3, 0.4) is 0 Å². The van der Waals surface area contributed by atoms with Gasteiger partial charge in [-0.05, 0) is 41.8 Å². The van der Waals surface area contributed by atoms with Gasteiger partial charge in [-0.1, -0.05) is 60.7 Å². The zero-order chi connectivity index (χ0) is 22.2. The summed E-state index contributed by atoms with van der Waals surface area (Å²) in [5, 5.41) is 3.51. The first kappa shape index (κ1) is 22.2. The summed E-state index contributed by atoms with van der Waals surface area (Å²) in [6.45, 7) is 4.50. The highest BCUT2D eigenvalue weighted by Crippen LogP contribution is 2.43. The smallest absolute Gasteiger partial charge is 0.203 e. The maximum atomic E-state index is 6.17. The number of nitrogens with zero attached hydrogens (tertiary/aromatic N) is 1. The monoisotopic (exact) mass is 432 g/mol. The third kappa shape index (κ3) is 5.23. The lowest BCUT2D eigenvalue weighted by molar-refractivity contribution is 0.237. The molecule has 0 bridgehead atoms. The number of methoxy groups -OCH3 is 2. The number of hydrogen-bond donors (Lipinski definition) is 1. The average Bonchev–Trinajstić information content (AvgIpc) is 3.13. The molecule has 1 atom stereocenters. The molecule has 1 aliphatic rings. The molecule has 1 N–H and O–H groups in total. The second-order valence-electron chi connectivity index (χ2n) is 7.98. The summed E-state index contributed by atoms with van der Waals surface area (Å²) in [4.78, 5) is 2.54. The number of benzene rings is 3. The van der Waals surface area contributed by atoms with Gasteiger partial charge < -0.3 is 19.5 Å². The van der Waals surface area contributed by atoms with Crippen LogP contribution < -0.4 is 19.5 Å². The van der Waals surface area contributed by atoms with Crippen LogP contribution in [0.4, 0.5) is 0 Å². The van der Waals surface area contributed by atoms with E-state index in [1.807, 2.05) is 30.3 Å². The minimum absolute atomic E-state index is 0.113. The van der Waals surface area contributed by atoms with Gasteiger partial charge in [0.2, 0.25) is 5.75 Å². The van der Waals surface area contributed by atoms with Crippen molar-refractivity contribution in [3.8, 4) is 17.2 Å². The van der Waals surface area contributed by atoms with Crippen molar-refractivity contribution in [1.29, 1.82) is 0 Å². The van der Waals surface area contributed by atoms with Gasteiger partial charge in [0, 0.05) is 19.6 Å². The quantitative estimate of drug-likeness (QED) is 0.560. The van der Waals surface area contributed by atoms with Crippen molar-refractivity contribution in [2.24, 2.45) is 0 Å². The summed E-state index contributed by atoms with van der Waals surface area (Å²) in [7, 11) is 3.36. The Morgan fingerprint density at radius 1 is 0.812 bits per heavy atom. The lowest BCUT2D eigenvalue weighted by Gasteiger charge is -2.32. The Bertz CT molecular complexity index is 946. The number of nitrogens with one attached hydrogen (secondary N) is 1. The Labute approximate surface area is 190 Å². The molecule has 3 aromatic rings. The maximum absolute atomic E-state index is 6.17. The highest BCUT2D eigenvalue weighted by molar-refractivity contribution is 5.55. The van der Waals surface area contributed by atoms with Crippen LogP contribution in [0, 0.1) is 0 Å². The Hall–Kier alpha value is -3.02. The van der Waals surface area contributed by atoms with E-state index >= 15 is 0 Å². The molecule has 0 aliphatic carbocycles. The molecule has 5 heteroatoms. The summed E-state index contributed by atoms with van der Waals surface area (Å²) in [5.41, 5.74) is 3.50. The van der Waals surface area contributed by atoms with Gasteiger partial charge in [-0.15, -0.1) is 0 Å². The van der Waals surface area contributed by atoms with E-state index in [4.69, 9.17) is 14.2 Å². The van der Waals surface area contributed by atoms with Gasteiger partial charge in [-0.2, -0.15) is 0 Å². The summed E-state index contributed by atoms with van der Waals surface area (Å²) in [6, 6.07) is 25.1. The van der Waals surface area contributed by atoms with Crippen LogP contribution in [0.5, 0.6) is 17.2 Å². The predicted molar refractivity (Wildman–Crippen MR) is 128 cm³/mol. The molecule has 4 rings (SSSR count). The molecule has 0 amide bonds. The molecule has 0 saturated carbocycles. The van der Waals surface area contributed by atoms with Crippen LogP contribution in [0.2, 0.25) is 0 Å². The van der Waals surface area contributed by atoms with E-state index in [1.165, 1.54) is 5.56 Å². The Morgan fingerprint density at radius 2 is 1.47 bits per heavy atom. The highest BCUT2D eigenvalue weighted by atomic mass is 16.5. The van der Waals surface area contributed by atoms with Crippen LogP contribution in [0.1, 0.15) is 29.2 Å². The SMILES string of the molecule is COc1cc(C(c2ccccc2)N2CCCNCC2)cc(OC)c1OCc1ccccc1. The predicted octanol–water partition coefficient (Wildman–Crippen LogP) is 4.67. The number of hydrogen-bond acceptors (Lipinski definition) is 5. The van der Waals surface area contributed by atoms with Gasteiger partial charge in [0.05, 0.1) is 20.3 Å². The topological polar surface area (TPSA) is 43.0 Å². The van der Waals surface area contributed by atoms with E-state index in [1.54, 1.807) is 14.2 Å². The molecule has 1 aliphatic heterocycles. The Kier molecular flexibility index (Phi) is 7.64. The normalized spacial score (nSPS) is 15.6. The first-order valence-electron chi connectivity index (χ1n) is 11.2. The molecule has 1 unspecified atom stereocenters. The van der Waals surface area contributed by atoms with Crippen LogP contribution >= 0.6 is 0 Å². The van der Waals surface area contributed by atoms with Crippen molar-refractivity contribution in [2.45, 2.75) is 19.1 Å². The maximum Gasteiger partial charge on any atom is 0.203 e. The van der Waals surface area contributed by atoms with Gasteiger partial charge >= 0.3 is 0 Å². The van der Waals surface area contributed by atoms with E-state index in [9.17, 15) is 0 Å². The fourth-order valence-corrected chi connectivity index (χ4v) is 4.30. The standard InChI is InChI=1S/C27H32N2O3/c1-30-24-18-23(19-25(31-2)27(24)32-20-21-10-5-3-6-11-21)26(22-12-7-4-8-13-22)29-16-9-14-28-15-17-29/h3-8,10-13,18-19,26,28H,9,14-17,20H2,1-2H3. The van der Waals surface area contributed by atoms with Gasteiger partial charge in [0.15, 0.2) is 11.5 Å². The van der Waals surface area contributed by atoms with E-state index in [2.05, 4.69) is 52.7 Å². The minimum Gasteiger partial charge on any atom is -0.493 e. The molecule has 0 radical (unpaired) electrons. The zero-order valence-electron chi connectivity index (χ0n) is 18.9. The molecular weight excluding hydrogens is 400 g/mol. The van der Waals surface area contributed by atoms with Crippen molar-refractivity contribution in [1.82, 2.24) is 10.2 Å². The third-order valence-corrected chi connectivity index (χ3v) is 5.88. The average molecular weight is 433 g/mol. The minimum atomic E-state index is 0.113. The zero-order valence-corrected chi connectivity index (χ0v) is 18.9. The second-order valence-corrected chi connectivity index (χ2v) is 7.98. The van der Waals surface area contributed by atoms with Crippen molar-refractivity contribution in [3.05, 3.63) is 89.5 Å². The molecule has 1 heterocycles. The molecule has 5 nitrogen and oxygen atoms in total. The van der Waals surface area contributed by atoms with Crippen molar-refractivity contribution in [3.63, 3.8) is 0 Å². The van der Waals surface area contributed by atoms with Crippen LogP contribution in [-0.4, -0.2) is 45.3 Å². The van der Waals surface area contributed by atoms with Crippen molar-refractivity contribution < 1.29 is 14.2 Å². The summed E-state index contributed by atoms with van der Waals surface area (Å²) < 4.78 is 17.7. The lowest BCUT2D eigenvalue weighted by atomic mass is 9.96. The number of ether oxygens (including phenoxy) is 3. The first-order chi connectivity index (χ1) is 15.8. The van der Waals surface area contributed by atoms with Gasteiger partial charge in [-0.3, -0.25) is 4.90 Å². The molecule has 3 aromatic carbocycles. The largest absolute Gasteiger partial charge is 0.493 e. The van der Waals surface area contributed by atoms with E-state index in [-0.39, 0.29) is 6.04 Å². The Morgan fingerprint density at radius 3 is 2.12 bits per heavy atom. The molecule has 0 aromatic heterocycles. The fraction of sp³-hybridized carbons (Fsp3) is 0.333. The second kappa shape index (κ2) is 11.0. The van der Waals surface area contributed by atoms with Gasteiger partial charge in [-0.25, -0.2) is 0 Å².